The summed E-state index contributed by atoms with van der Waals surface area (Å²) < 4.78 is 31.1. The molecule has 3 rings (SSSR count). The van der Waals surface area contributed by atoms with Crippen LogP contribution in [0.4, 0.5) is 8.78 Å². The minimum Gasteiger partial charge on any atom is -0.387 e. The SMILES string of the molecule is CC(C)[C@H](N)C(=O)N[C@@H](C)C(=O)CCCCN(C(=O)CO)[C@@H](c1cc(-c2cc(F)ccc2F)cn1Cc1ccccc1)C(C)(C)C. The second kappa shape index (κ2) is 16.1. The summed E-state index contributed by atoms with van der Waals surface area (Å²) in [4.78, 5) is 40.0. The van der Waals surface area contributed by atoms with Crippen molar-refractivity contribution >= 4 is 17.6 Å². The molecule has 3 atom stereocenters. The van der Waals surface area contributed by atoms with Crippen LogP contribution in [-0.4, -0.2) is 57.4 Å². The summed E-state index contributed by atoms with van der Waals surface area (Å²) in [5, 5.41) is 12.7. The van der Waals surface area contributed by atoms with Crippen LogP contribution in [0.15, 0.2) is 60.8 Å². The zero-order valence-corrected chi connectivity index (χ0v) is 27.7. The van der Waals surface area contributed by atoms with Crippen LogP contribution in [0.3, 0.4) is 0 Å². The molecule has 0 saturated heterocycles. The molecule has 1 aromatic heterocycles. The van der Waals surface area contributed by atoms with Crippen LogP contribution in [0, 0.1) is 23.0 Å². The van der Waals surface area contributed by atoms with E-state index in [2.05, 4.69) is 5.32 Å². The highest BCUT2D eigenvalue weighted by Crippen LogP contribution is 2.41. The molecule has 250 valence electrons. The van der Waals surface area contributed by atoms with E-state index in [9.17, 15) is 28.3 Å². The summed E-state index contributed by atoms with van der Waals surface area (Å²) in [7, 11) is 0. The molecule has 2 aromatic carbocycles. The number of hydrogen-bond acceptors (Lipinski definition) is 5. The number of hydrogen-bond donors (Lipinski definition) is 3. The molecule has 0 spiro atoms. The summed E-state index contributed by atoms with van der Waals surface area (Å²) in [6, 6.07) is 12.8. The molecule has 1 heterocycles. The Morgan fingerprint density at radius 3 is 2.28 bits per heavy atom. The van der Waals surface area contributed by atoms with Crippen molar-refractivity contribution < 1.29 is 28.3 Å². The number of aromatic nitrogens is 1. The molecule has 4 N–H and O–H groups in total. The molecule has 0 radical (unpaired) electrons. The van der Waals surface area contributed by atoms with E-state index >= 15 is 0 Å². The van der Waals surface area contributed by atoms with Crippen molar-refractivity contribution in [2.45, 2.75) is 85.5 Å². The number of nitrogens with one attached hydrogen (secondary N) is 1. The Bertz CT molecular complexity index is 1480. The van der Waals surface area contributed by atoms with Gasteiger partial charge in [-0.1, -0.05) is 65.0 Å². The third kappa shape index (κ3) is 9.56. The van der Waals surface area contributed by atoms with E-state index in [0.29, 0.717) is 30.6 Å². The van der Waals surface area contributed by atoms with Gasteiger partial charge in [-0.25, -0.2) is 8.78 Å². The first-order valence-corrected chi connectivity index (χ1v) is 15.8. The number of unbranched alkanes of at least 4 members (excludes halogenated alkanes) is 1. The van der Waals surface area contributed by atoms with E-state index in [0.717, 1.165) is 23.8 Å². The number of carbonyl (C=O) groups is 3. The van der Waals surface area contributed by atoms with E-state index in [4.69, 9.17) is 5.73 Å². The molecule has 0 aliphatic heterocycles. The standard InChI is InChI=1S/C36H48F2N4O4/c1-23(2)33(39)35(46)40-24(3)31(44)14-10-11-17-42(32(45)22-43)34(36(4,5)6)30-18-26(28-19-27(37)15-16-29(28)38)21-41(30)20-25-12-8-7-9-13-25/h7-9,12-13,15-16,18-19,21,23-24,33-34,43H,10-11,14,17,20,22,39H2,1-6H3,(H,40,46)/t24-,33-,34-/m0/s1. The van der Waals surface area contributed by atoms with Gasteiger partial charge in [0.2, 0.25) is 11.8 Å². The van der Waals surface area contributed by atoms with E-state index in [1.165, 1.54) is 0 Å². The van der Waals surface area contributed by atoms with Crippen LogP contribution in [0.2, 0.25) is 0 Å². The maximum Gasteiger partial charge on any atom is 0.248 e. The second-order valence-corrected chi connectivity index (χ2v) is 13.3. The number of aliphatic hydroxyl groups is 1. The van der Waals surface area contributed by atoms with Gasteiger partial charge in [0.1, 0.15) is 18.2 Å². The van der Waals surface area contributed by atoms with Crippen LogP contribution in [0.5, 0.6) is 0 Å². The van der Waals surface area contributed by atoms with E-state index < -0.39 is 47.7 Å². The van der Waals surface area contributed by atoms with Gasteiger partial charge < -0.3 is 25.6 Å². The highest BCUT2D eigenvalue weighted by atomic mass is 19.1. The van der Waals surface area contributed by atoms with Crippen molar-refractivity contribution in [1.82, 2.24) is 14.8 Å². The number of ketones is 1. The molecule has 2 amide bonds. The summed E-state index contributed by atoms with van der Waals surface area (Å²) in [5.74, 6) is -2.20. The average Bonchev–Trinajstić information content (AvgIpc) is 3.40. The monoisotopic (exact) mass is 638 g/mol. The van der Waals surface area contributed by atoms with Crippen molar-refractivity contribution in [2.75, 3.05) is 13.2 Å². The van der Waals surface area contributed by atoms with E-state index in [1.54, 1.807) is 24.1 Å². The average molecular weight is 639 g/mol. The molecular weight excluding hydrogens is 590 g/mol. The van der Waals surface area contributed by atoms with Crippen LogP contribution >= 0.6 is 0 Å². The zero-order chi connectivity index (χ0) is 34.2. The fourth-order valence-corrected chi connectivity index (χ4v) is 5.59. The minimum absolute atomic E-state index is 0.0640. The number of rotatable bonds is 15. The lowest BCUT2D eigenvalue weighted by atomic mass is 9.82. The molecule has 8 nitrogen and oxygen atoms in total. The summed E-state index contributed by atoms with van der Waals surface area (Å²) >= 11 is 0. The van der Waals surface area contributed by atoms with Crippen LogP contribution in [0.25, 0.3) is 11.1 Å². The number of benzene rings is 2. The zero-order valence-electron chi connectivity index (χ0n) is 27.7. The summed E-state index contributed by atoms with van der Waals surface area (Å²) in [6.45, 7) is 11.2. The number of Topliss-reactive ketones (excluding diaryl/α,β-unsaturated/α-hetero) is 1. The quantitative estimate of drug-likeness (QED) is 0.187. The van der Waals surface area contributed by atoms with Crippen LogP contribution in [0.1, 0.15) is 78.1 Å². The normalized spacial score (nSPS) is 13.7. The molecule has 0 aliphatic carbocycles. The van der Waals surface area contributed by atoms with Crippen LogP contribution in [-0.2, 0) is 20.9 Å². The van der Waals surface area contributed by atoms with Crippen LogP contribution < -0.4 is 11.1 Å². The fourth-order valence-electron chi connectivity index (χ4n) is 5.59. The van der Waals surface area contributed by atoms with Gasteiger partial charge in [-0.2, -0.15) is 0 Å². The Balaban J connectivity index is 1.90. The number of carbonyl (C=O) groups excluding carboxylic acids is 3. The van der Waals surface area contributed by atoms with Gasteiger partial charge in [-0.05, 0) is 60.9 Å². The van der Waals surface area contributed by atoms with Gasteiger partial charge in [0, 0.05) is 42.5 Å². The Morgan fingerprint density at radius 1 is 1.00 bits per heavy atom. The number of nitrogens with two attached hydrogens (primary N) is 1. The molecule has 0 bridgehead atoms. The Morgan fingerprint density at radius 2 is 1.67 bits per heavy atom. The molecule has 0 unspecified atom stereocenters. The predicted octanol–water partition coefficient (Wildman–Crippen LogP) is 5.62. The van der Waals surface area contributed by atoms with Gasteiger partial charge in [0.15, 0.2) is 5.78 Å². The van der Waals surface area contributed by atoms with Crippen molar-refractivity contribution in [3.05, 3.63) is 83.7 Å². The van der Waals surface area contributed by atoms with Crippen molar-refractivity contribution in [1.29, 1.82) is 0 Å². The number of aliphatic hydroxyl groups excluding tert-OH is 1. The smallest absolute Gasteiger partial charge is 0.248 e. The summed E-state index contributed by atoms with van der Waals surface area (Å²) in [5.41, 5.74) is 7.61. The number of nitrogens with zero attached hydrogens (tertiary/aromatic N) is 2. The molecule has 10 heteroatoms. The molecule has 3 aromatic rings. The maximum atomic E-state index is 14.9. The molecule has 0 fully saturated rings. The maximum absolute atomic E-state index is 14.9. The lowest BCUT2D eigenvalue weighted by Gasteiger charge is -2.41. The first-order valence-electron chi connectivity index (χ1n) is 15.8. The number of halogens is 2. The molecule has 0 aliphatic rings. The van der Waals surface area contributed by atoms with Gasteiger partial charge in [0.05, 0.1) is 18.1 Å². The second-order valence-electron chi connectivity index (χ2n) is 13.3. The first kappa shape index (κ1) is 36.6. The predicted molar refractivity (Wildman–Crippen MR) is 176 cm³/mol. The fraction of sp³-hybridized carbons (Fsp3) is 0.472. The molecule has 0 saturated carbocycles. The molecular formula is C36H48F2N4O4. The Labute approximate surface area is 271 Å². The Hall–Kier alpha value is -3.89. The van der Waals surface area contributed by atoms with E-state index in [1.807, 2.05) is 69.5 Å². The lowest BCUT2D eigenvalue weighted by Crippen LogP contribution is -2.49. The topological polar surface area (TPSA) is 118 Å². The van der Waals surface area contributed by atoms with Gasteiger partial charge in [-0.15, -0.1) is 0 Å². The molecule has 46 heavy (non-hydrogen) atoms. The van der Waals surface area contributed by atoms with Crippen molar-refractivity contribution in [2.24, 2.45) is 17.1 Å². The summed E-state index contributed by atoms with van der Waals surface area (Å²) in [6.07, 6.45) is 2.86. The largest absolute Gasteiger partial charge is 0.387 e. The van der Waals surface area contributed by atoms with Gasteiger partial charge in [0.25, 0.3) is 0 Å². The first-order chi connectivity index (χ1) is 21.6. The third-order valence-electron chi connectivity index (χ3n) is 8.17. The van der Waals surface area contributed by atoms with Gasteiger partial charge in [-0.3, -0.25) is 14.4 Å². The van der Waals surface area contributed by atoms with Gasteiger partial charge >= 0.3 is 0 Å². The van der Waals surface area contributed by atoms with Crippen molar-refractivity contribution in [3.8, 4) is 11.1 Å². The van der Waals surface area contributed by atoms with Crippen molar-refractivity contribution in [3.63, 3.8) is 0 Å². The third-order valence-corrected chi connectivity index (χ3v) is 8.17. The number of amides is 2. The lowest BCUT2D eigenvalue weighted by molar-refractivity contribution is -0.139. The minimum atomic E-state index is -0.713. The van der Waals surface area contributed by atoms with E-state index in [-0.39, 0.29) is 36.1 Å². The highest BCUT2D eigenvalue weighted by molar-refractivity contribution is 5.90. The Kier molecular flexibility index (Phi) is 12.8. The highest BCUT2D eigenvalue weighted by Gasteiger charge is 2.37.